The Morgan fingerprint density at radius 3 is 2.08 bits per heavy atom. The molecule has 3 aliphatic rings. The Morgan fingerprint density at radius 2 is 1.41 bits per heavy atom. The van der Waals surface area contributed by atoms with Gasteiger partial charge in [0.05, 0.1) is 19.4 Å². The second-order valence-electron chi connectivity index (χ2n) is 10.2. The van der Waals surface area contributed by atoms with Gasteiger partial charge in [-0.3, -0.25) is 19.4 Å². The normalized spacial score (nSPS) is 22.0. The number of carbonyl (C=O) groups is 3. The van der Waals surface area contributed by atoms with Crippen LogP contribution in [0, 0.1) is 5.41 Å². The molecule has 0 saturated carbocycles. The van der Waals surface area contributed by atoms with Crippen LogP contribution in [0.25, 0.3) is 0 Å². The van der Waals surface area contributed by atoms with Crippen molar-refractivity contribution in [2.45, 2.75) is 18.0 Å². The Morgan fingerprint density at radius 1 is 0.795 bits per heavy atom. The highest BCUT2D eigenvalue weighted by atomic mass is 16.5. The molecule has 2 aliphatic heterocycles. The molecule has 0 amide bonds. The number of nitrogens with zero attached hydrogens (tertiary/aromatic N) is 2. The molecule has 1 aliphatic carbocycles. The van der Waals surface area contributed by atoms with Crippen molar-refractivity contribution in [1.82, 2.24) is 5.01 Å². The molecule has 0 radical (unpaired) electrons. The summed E-state index contributed by atoms with van der Waals surface area (Å²) in [4.78, 5) is 43.7. The average Bonchev–Trinajstić information content (AvgIpc) is 3.43. The Bertz CT molecular complexity index is 1640. The van der Waals surface area contributed by atoms with Crippen molar-refractivity contribution in [2.75, 3.05) is 7.11 Å². The van der Waals surface area contributed by atoms with E-state index in [1.165, 1.54) is 0 Å². The highest BCUT2D eigenvalue weighted by Gasteiger charge is 2.72. The van der Waals surface area contributed by atoms with Gasteiger partial charge in [0.2, 0.25) is 0 Å². The molecule has 7 rings (SSSR count). The fraction of sp³-hybridized carbons (Fsp3) is 0.152. The summed E-state index contributed by atoms with van der Waals surface area (Å²) in [7, 11) is 1.58. The third-order valence-corrected chi connectivity index (χ3v) is 8.38. The molecule has 0 unspecified atom stereocenters. The predicted molar refractivity (Wildman–Crippen MR) is 146 cm³/mol. The van der Waals surface area contributed by atoms with Crippen LogP contribution in [0.15, 0.2) is 108 Å². The monoisotopic (exact) mass is 512 g/mol. The molecule has 0 bridgehead atoms. The van der Waals surface area contributed by atoms with Crippen molar-refractivity contribution in [3.05, 3.63) is 137 Å². The highest BCUT2D eigenvalue weighted by Crippen LogP contribution is 2.64. The fourth-order valence-corrected chi connectivity index (χ4v) is 6.73. The van der Waals surface area contributed by atoms with E-state index in [9.17, 15) is 14.4 Å². The molecule has 39 heavy (non-hydrogen) atoms. The lowest BCUT2D eigenvalue weighted by Gasteiger charge is -2.36. The molecule has 2 heterocycles. The maximum absolute atomic E-state index is 14.7. The molecule has 0 aromatic heterocycles. The number of hydrogen-bond acceptors (Lipinski definition) is 6. The van der Waals surface area contributed by atoms with E-state index in [0.717, 1.165) is 11.1 Å². The lowest BCUT2D eigenvalue weighted by molar-refractivity contribution is 0.0586. The molecular formula is C33H24N2O4. The SMILES string of the molecule is COc1ccc([C@H]2[C@H](C(=O)c3ccccc3)N3N=Cc4ccccc4[C@H]3C23C(=O)c2ccccc2C3=O)cc1. The van der Waals surface area contributed by atoms with Crippen molar-refractivity contribution >= 4 is 23.6 Å². The zero-order valence-corrected chi connectivity index (χ0v) is 21.2. The second-order valence-corrected chi connectivity index (χ2v) is 10.2. The van der Waals surface area contributed by atoms with Gasteiger partial charge in [-0.2, -0.15) is 5.10 Å². The summed E-state index contributed by atoms with van der Waals surface area (Å²) in [5.74, 6) is -0.878. The molecule has 1 saturated heterocycles. The smallest absolute Gasteiger partial charge is 0.187 e. The molecule has 4 aromatic carbocycles. The molecular weight excluding hydrogens is 488 g/mol. The zero-order valence-electron chi connectivity index (χ0n) is 21.2. The zero-order chi connectivity index (χ0) is 26.7. The number of hydrogen-bond donors (Lipinski definition) is 0. The number of Topliss-reactive ketones (excluding diaryl/α,β-unsaturated/α-hetero) is 3. The van der Waals surface area contributed by atoms with Gasteiger partial charge in [0.1, 0.15) is 17.2 Å². The van der Waals surface area contributed by atoms with E-state index in [4.69, 9.17) is 9.84 Å². The molecule has 3 atom stereocenters. The van der Waals surface area contributed by atoms with Gasteiger partial charge in [0.25, 0.3) is 0 Å². The molecule has 6 heteroatoms. The van der Waals surface area contributed by atoms with E-state index in [-0.39, 0.29) is 17.3 Å². The molecule has 0 N–H and O–H groups in total. The summed E-state index contributed by atoms with van der Waals surface area (Å²) in [5.41, 5.74) is 2.05. The molecule has 6 nitrogen and oxygen atoms in total. The van der Waals surface area contributed by atoms with E-state index in [1.54, 1.807) is 66.9 Å². The summed E-state index contributed by atoms with van der Waals surface area (Å²) in [6, 6.07) is 29.3. The van der Waals surface area contributed by atoms with Crippen molar-refractivity contribution in [2.24, 2.45) is 10.5 Å². The van der Waals surface area contributed by atoms with Gasteiger partial charge in [0.15, 0.2) is 17.3 Å². The Labute approximate surface area is 225 Å². The van der Waals surface area contributed by atoms with Gasteiger partial charge in [0, 0.05) is 22.6 Å². The van der Waals surface area contributed by atoms with E-state index < -0.39 is 23.4 Å². The van der Waals surface area contributed by atoms with Crippen LogP contribution in [0.3, 0.4) is 0 Å². The molecule has 1 spiro atoms. The number of benzene rings is 4. The van der Waals surface area contributed by atoms with Crippen molar-refractivity contribution in [1.29, 1.82) is 0 Å². The second kappa shape index (κ2) is 8.60. The maximum Gasteiger partial charge on any atom is 0.187 e. The molecule has 4 aromatic rings. The highest BCUT2D eigenvalue weighted by molar-refractivity contribution is 6.31. The van der Waals surface area contributed by atoms with E-state index in [2.05, 4.69) is 0 Å². The third-order valence-electron chi connectivity index (χ3n) is 8.38. The van der Waals surface area contributed by atoms with Gasteiger partial charge < -0.3 is 4.74 Å². The minimum absolute atomic E-state index is 0.189. The Kier molecular flexibility index (Phi) is 5.13. The first-order valence-electron chi connectivity index (χ1n) is 12.9. The van der Waals surface area contributed by atoms with Gasteiger partial charge in [-0.1, -0.05) is 91.0 Å². The number of rotatable bonds is 4. The van der Waals surface area contributed by atoms with Crippen molar-refractivity contribution in [3.8, 4) is 5.75 Å². The van der Waals surface area contributed by atoms with Crippen molar-refractivity contribution in [3.63, 3.8) is 0 Å². The van der Waals surface area contributed by atoms with E-state index in [1.807, 2.05) is 54.6 Å². The van der Waals surface area contributed by atoms with Crippen LogP contribution in [-0.2, 0) is 0 Å². The number of hydrazone groups is 1. The summed E-state index contributed by atoms with van der Waals surface area (Å²) in [6.07, 6.45) is 1.72. The van der Waals surface area contributed by atoms with Crippen LogP contribution in [0.1, 0.15) is 59.7 Å². The topological polar surface area (TPSA) is 76.0 Å². The first kappa shape index (κ1) is 23.3. The number of fused-ring (bicyclic) bond motifs is 5. The Hall–Kier alpha value is -4.84. The summed E-state index contributed by atoms with van der Waals surface area (Å²) < 4.78 is 5.39. The Balaban J connectivity index is 1.55. The standard InChI is InChI=1S/C33H24N2O4/c1-39-23-17-15-20(16-18-23)27-28(29(36)21-9-3-2-4-10-21)35-30(24-12-6-5-11-22(24)19-34-35)33(27)31(37)25-13-7-8-14-26(25)32(33)38/h2-19,27-28,30H,1H3/t27-,28+,30-/m0/s1. The largest absolute Gasteiger partial charge is 0.497 e. The summed E-state index contributed by atoms with van der Waals surface area (Å²) in [5, 5.41) is 6.50. The number of carbonyl (C=O) groups excluding carboxylic acids is 3. The van der Waals surface area contributed by atoms with Crippen LogP contribution in [0.4, 0.5) is 0 Å². The summed E-state index contributed by atoms with van der Waals surface area (Å²) >= 11 is 0. The van der Waals surface area contributed by atoms with E-state index in [0.29, 0.717) is 28.0 Å². The number of ether oxygens (including phenoxy) is 1. The fourth-order valence-electron chi connectivity index (χ4n) is 6.73. The minimum Gasteiger partial charge on any atom is -0.497 e. The van der Waals surface area contributed by atoms with Gasteiger partial charge in [-0.05, 0) is 28.8 Å². The first-order chi connectivity index (χ1) is 19.1. The van der Waals surface area contributed by atoms with E-state index >= 15 is 0 Å². The summed E-state index contributed by atoms with van der Waals surface area (Å²) in [6.45, 7) is 0. The van der Waals surface area contributed by atoms with Crippen LogP contribution in [0.2, 0.25) is 0 Å². The van der Waals surface area contributed by atoms with Crippen LogP contribution in [0.5, 0.6) is 5.75 Å². The third kappa shape index (κ3) is 3.08. The number of ketones is 3. The van der Waals surface area contributed by atoms with Gasteiger partial charge >= 0.3 is 0 Å². The quantitative estimate of drug-likeness (QED) is 0.267. The lowest BCUT2D eigenvalue weighted by atomic mass is 9.63. The van der Waals surface area contributed by atoms with Crippen LogP contribution >= 0.6 is 0 Å². The maximum atomic E-state index is 14.7. The number of methoxy groups -OCH3 is 1. The van der Waals surface area contributed by atoms with Crippen LogP contribution < -0.4 is 4.74 Å². The lowest BCUT2D eigenvalue weighted by Crippen LogP contribution is -2.43. The predicted octanol–water partition coefficient (Wildman–Crippen LogP) is 5.50. The first-order valence-corrected chi connectivity index (χ1v) is 12.9. The van der Waals surface area contributed by atoms with Crippen molar-refractivity contribution < 1.29 is 19.1 Å². The van der Waals surface area contributed by atoms with Gasteiger partial charge in [-0.25, -0.2) is 0 Å². The molecule has 190 valence electrons. The van der Waals surface area contributed by atoms with Crippen LogP contribution in [-0.4, -0.2) is 41.7 Å². The van der Waals surface area contributed by atoms with Gasteiger partial charge in [-0.15, -0.1) is 0 Å². The minimum atomic E-state index is -1.58. The average molecular weight is 513 g/mol. The molecule has 1 fully saturated rings.